The van der Waals surface area contributed by atoms with E-state index >= 15 is 0 Å². The number of nitrogens with two attached hydrogens (primary N) is 1. The average Bonchev–Trinajstić information content (AvgIpc) is 3.33. The minimum Gasteiger partial charge on any atom is -0.496 e. The number of ketones is 1. The van der Waals surface area contributed by atoms with Gasteiger partial charge >= 0.3 is 0 Å². The Morgan fingerprint density at radius 3 is 2.18 bits per heavy atom. The van der Waals surface area contributed by atoms with Gasteiger partial charge in [-0.3, -0.25) is 4.79 Å². The predicted octanol–water partition coefficient (Wildman–Crippen LogP) is 4.85. The van der Waals surface area contributed by atoms with Crippen LogP contribution >= 0.6 is 0 Å². The zero-order chi connectivity index (χ0) is 22.8. The van der Waals surface area contributed by atoms with E-state index in [1.807, 2.05) is 30.3 Å². The predicted molar refractivity (Wildman–Crippen MR) is 132 cm³/mol. The third kappa shape index (κ3) is 3.70. The van der Waals surface area contributed by atoms with Crippen molar-refractivity contribution in [1.29, 1.82) is 0 Å². The van der Waals surface area contributed by atoms with E-state index in [-0.39, 0.29) is 17.3 Å². The number of hydrogen-bond donors (Lipinski definition) is 1. The molecule has 3 aromatic rings. The number of Topliss-reactive ketones (excluding diaryl/α,β-unsaturated/α-hetero) is 1. The van der Waals surface area contributed by atoms with Crippen LogP contribution in [0.15, 0.2) is 90.8 Å². The Balaban J connectivity index is 1.56. The van der Waals surface area contributed by atoms with Crippen molar-refractivity contribution in [3.05, 3.63) is 107 Å². The Labute approximate surface area is 195 Å². The maximum Gasteiger partial charge on any atom is 0.138 e. The molecule has 0 aromatic heterocycles. The summed E-state index contributed by atoms with van der Waals surface area (Å²) in [5.41, 5.74) is 9.92. The molecular formula is C29H30N2O2. The summed E-state index contributed by atoms with van der Waals surface area (Å²) < 4.78 is 5.50. The minimum atomic E-state index is -0.208. The van der Waals surface area contributed by atoms with Crippen molar-refractivity contribution in [3.63, 3.8) is 0 Å². The first-order valence-corrected chi connectivity index (χ1v) is 11.6. The van der Waals surface area contributed by atoms with E-state index in [2.05, 4.69) is 65.6 Å². The number of carbonyl (C=O) groups excluding carboxylic acids is 1. The molecule has 1 aliphatic carbocycles. The number of likely N-dealkylation sites (tertiary alicyclic amines) is 1. The van der Waals surface area contributed by atoms with Crippen molar-refractivity contribution in [2.75, 3.05) is 20.2 Å². The van der Waals surface area contributed by atoms with E-state index in [0.29, 0.717) is 24.6 Å². The van der Waals surface area contributed by atoms with Gasteiger partial charge in [-0.2, -0.15) is 0 Å². The summed E-state index contributed by atoms with van der Waals surface area (Å²) in [5, 5.41) is 0. The summed E-state index contributed by atoms with van der Waals surface area (Å²) in [7, 11) is 1.67. The third-order valence-corrected chi connectivity index (χ3v) is 7.52. The van der Waals surface area contributed by atoms with Crippen molar-refractivity contribution >= 4 is 11.9 Å². The zero-order valence-corrected chi connectivity index (χ0v) is 19.0. The van der Waals surface area contributed by atoms with Gasteiger partial charge in [0.05, 0.1) is 12.9 Å². The number of nitrogens with zero attached hydrogens (tertiary/aromatic N) is 1. The summed E-state index contributed by atoms with van der Waals surface area (Å²) >= 11 is 0. The highest BCUT2D eigenvalue weighted by Crippen LogP contribution is 2.52. The van der Waals surface area contributed by atoms with Crippen molar-refractivity contribution in [2.24, 2.45) is 17.6 Å². The highest BCUT2D eigenvalue weighted by atomic mass is 16.5. The lowest BCUT2D eigenvalue weighted by Gasteiger charge is -2.45. The van der Waals surface area contributed by atoms with Crippen LogP contribution in [0.3, 0.4) is 0 Å². The fourth-order valence-corrected chi connectivity index (χ4v) is 5.92. The number of ether oxygens (including phenoxy) is 1. The number of carbonyl (C=O) groups is 1. The first-order valence-electron chi connectivity index (χ1n) is 11.6. The molecule has 2 N–H and O–H groups in total. The summed E-state index contributed by atoms with van der Waals surface area (Å²) in [6, 6.07) is 29.3. The lowest BCUT2D eigenvalue weighted by atomic mass is 9.56. The second kappa shape index (κ2) is 8.78. The van der Waals surface area contributed by atoms with Gasteiger partial charge in [-0.05, 0) is 29.7 Å². The number of rotatable bonds is 5. The Kier molecular flexibility index (Phi) is 5.67. The van der Waals surface area contributed by atoms with Gasteiger partial charge < -0.3 is 15.4 Å². The Morgan fingerprint density at radius 1 is 0.939 bits per heavy atom. The average molecular weight is 439 g/mol. The molecule has 0 amide bonds. The van der Waals surface area contributed by atoms with Crippen molar-refractivity contribution < 1.29 is 9.53 Å². The SMILES string of the molecule is COc1ccccc1/C=C(\N)N1C[C@@H]2C(=O)CCC(c3ccccc3)(c3ccccc3)[C@@H]2C1. The van der Waals surface area contributed by atoms with Crippen LogP contribution in [0.4, 0.5) is 0 Å². The Bertz CT molecular complexity index is 1120. The molecule has 1 saturated heterocycles. The number of benzene rings is 3. The molecule has 168 valence electrons. The molecule has 1 heterocycles. The topological polar surface area (TPSA) is 55.6 Å². The Morgan fingerprint density at radius 2 is 1.55 bits per heavy atom. The summed E-state index contributed by atoms with van der Waals surface area (Å²) in [5.74, 6) is 1.94. The zero-order valence-electron chi connectivity index (χ0n) is 19.0. The first-order chi connectivity index (χ1) is 16.1. The number of para-hydroxylation sites is 1. The minimum absolute atomic E-state index is 0.0382. The van der Waals surface area contributed by atoms with Gasteiger partial charge in [0.1, 0.15) is 11.5 Å². The van der Waals surface area contributed by atoms with Crippen LogP contribution in [0, 0.1) is 11.8 Å². The fourth-order valence-electron chi connectivity index (χ4n) is 5.92. The second-order valence-electron chi connectivity index (χ2n) is 9.10. The maximum atomic E-state index is 13.1. The highest BCUT2D eigenvalue weighted by Gasteiger charge is 2.54. The van der Waals surface area contributed by atoms with Crippen molar-refractivity contribution in [1.82, 2.24) is 4.90 Å². The van der Waals surface area contributed by atoms with Gasteiger partial charge in [-0.25, -0.2) is 0 Å². The molecule has 0 unspecified atom stereocenters. The standard InChI is InChI=1S/C29H30N2O2/c1-33-27-15-9-8-10-21(27)18-28(30)31-19-24-25(20-31)29(17-16-26(24)32,22-11-4-2-5-12-22)23-13-6-3-7-14-23/h2-15,18,24-25H,16-17,19-20,30H2,1H3/b28-18+/t24-,25+/m0/s1. The lowest BCUT2D eigenvalue weighted by Crippen LogP contribution is -2.47. The lowest BCUT2D eigenvalue weighted by molar-refractivity contribution is -0.126. The van der Waals surface area contributed by atoms with Gasteiger partial charge in [0.2, 0.25) is 0 Å². The third-order valence-electron chi connectivity index (χ3n) is 7.52. The highest BCUT2D eigenvalue weighted by molar-refractivity contribution is 5.84. The van der Waals surface area contributed by atoms with E-state index in [0.717, 1.165) is 24.3 Å². The van der Waals surface area contributed by atoms with Gasteiger partial charge in [-0.15, -0.1) is 0 Å². The molecule has 2 aliphatic rings. The van der Waals surface area contributed by atoms with E-state index < -0.39 is 0 Å². The molecule has 33 heavy (non-hydrogen) atoms. The Hall–Kier alpha value is -3.53. The molecule has 0 spiro atoms. The van der Waals surface area contributed by atoms with Crippen LogP contribution < -0.4 is 10.5 Å². The van der Waals surface area contributed by atoms with E-state index in [1.54, 1.807) is 7.11 Å². The molecule has 1 saturated carbocycles. The summed E-state index contributed by atoms with van der Waals surface area (Å²) in [6.45, 7) is 1.40. The van der Waals surface area contributed by atoms with Crippen LogP contribution in [0.2, 0.25) is 0 Å². The van der Waals surface area contributed by atoms with Crippen LogP contribution in [-0.4, -0.2) is 30.9 Å². The van der Waals surface area contributed by atoms with Gasteiger partial charge in [-0.1, -0.05) is 78.9 Å². The number of fused-ring (bicyclic) bond motifs is 1. The molecule has 1 aliphatic heterocycles. The molecule has 0 radical (unpaired) electrons. The smallest absolute Gasteiger partial charge is 0.138 e. The molecule has 2 fully saturated rings. The second-order valence-corrected chi connectivity index (χ2v) is 9.10. The van der Waals surface area contributed by atoms with Gasteiger partial charge in [0.15, 0.2) is 0 Å². The van der Waals surface area contributed by atoms with Gasteiger partial charge in [0, 0.05) is 42.3 Å². The van der Waals surface area contributed by atoms with E-state index in [9.17, 15) is 4.79 Å². The van der Waals surface area contributed by atoms with Crippen LogP contribution in [0.5, 0.6) is 5.75 Å². The van der Waals surface area contributed by atoms with Crippen molar-refractivity contribution in [2.45, 2.75) is 18.3 Å². The molecular weight excluding hydrogens is 408 g/mol. The van der Waals surface area contributed by atoms with E-state index in [1.165, 1.54) is 11.1 Å². The molecule has 4 heteroatoms. The molecule has 5 rings (SSSR count). The van der Waals surface area contributed by atoms with Crippen LogP contribution in [0.25, 0.3) is 6.08 Å². The van der Waals surface area contributed by atoms with Gasteiger partial charge in [0.25, 0.3) is 0 Å². The summed E-state index contributed by atoms with van der Waals surface area (Å²) in [4.78, 5) is 15.3. The quantitative estimate of drug-likeness (QED) is 0.619. The largest absolute Gasteiger partial charge is 0.496 e. The molecule has 2 atom stereocenters. The number of methoxy groups -OCH3 is 1. The van der Waals surface area contributed by atoms with E-state index in [4.69, 9.17) is 10.5 Å². The molecule has 0 bridgehead atoms. The molecule has 3 aromatic carbocycles. The van der Waals surface area contributed by atoms with Crippen LogP contribution in [-0.2, 0) is 10.2 Å². The van der Waals surface area contributed by atoms with Crippen molar-refractivity contribution in [3.8, 4) is 5.75 Å². The monoisotopic (exact) mass is 438 g/mol. The fraction of sp³-hybridized carbons (Fsp3) is 0.276. The normalized spacial score (nSPS) is 22.2. The number of hydrogen-bond acceptors (Lipinski definition) is 4. The first kappa shape index (κ1) is 21.3. The maximum absolute atomic E-state index is 13.1. The van der Waals surface area contributed by atoms with Crippen LogP contribution in [0.1, 0.15) is 29.5 Å². The summed E-state index contributed by atoms with van der Waals surface area (Å²) in [6.07, 6.45) is 3.38. The molecule has 4 nitrogen and oxygen atoms in total.